The molecule has 0 radical (unpaired) electrons. The second-order valence-corrected chi connectivity index (χ2v) is 5.43. The van der Waals surface area contributed by atoms with E-state index >= 15 is 0 Å². The number of hydrogen-bond acceptors (Lipinski definition) is 1. The predicted octanol–water partition coefficient (Wildman–Crippen LogP) is 1.46. The van der Waals surface area contributed by atoms with Crippen LogP contribution in [0.15, 0.2) is 28.7 Å². The van der Waals surface area contributed by atoms with Gasteiger partial charge in [0.05, 0.1) is 26.1 Å². The number of amides is 1. The molecule has 1 heterocycles. The third-order valence-corrected chi connectivity index (χ3v) is 3.62. The van der Waals surface area contributed by atoms with Crippen LogP contribution in [0.4, 0.5) is 5.69 Å². The zero-order valence-electron chi connectivity index (χ0n) is 9.84. The van der Waals surface area contributed by atoms with E-state index in [1.165, 1.54) is 25.9 Å². The molecule has 1 aliphatic rings. The molecule has 0 spiro atoms. The number of anilines is 1. The van der Waals surface area contributed by atoms with Crippen molar-refractivity contribution >= 4 is 27.5 Å². The summed E-state index contributed by atoms with van der Waals surface area (Å²) >= 11 is 3.39. The van der Waals surface area contributed by atoms with Crippen molar-refractivity contribution in [3.63, 3.8) is 0 Å². The maximum absolute atomic E-state index is 11.7. The van der Waals surface area contributed by atoms with Crippen LogP contribution in [0.5, 0.6) is 0 Å². The lowest BCUT2D eigenvalue weighted by molar-refractivity contribution is -0.886. The molecule has 0 unspecified atom stereocenters. The molecule has 1 aromatic rings. The van der Waals surface area contributed by atoms with E-state index in [1.54, 1.807) is 4.90 Å². The molecule has 0 saturated carbocycles. The Morgan fingerprint density at radius 1 is 1.35 bits per heavy atom. The average molecular weight is 298 g/mol. The Morgan fingerprint density at radius 2 is 2.12 bits per heavy atom. The number of rotatable bonds is 4. The largest absolute Gasteiger partial charge is 0.334 e. The summed E-state index contributed by atoms with van der Waals surface area (Å²) in [5.41, 5.74) is 0.862. The topological polar surface area (TPSA) is 33.5 Å². The molecule has 3 nitrogen and oxygen atoms in total. The summed E-state index contributed by atoms with van der Waals surface area (Å²) in [6.07, 6.45) is 3.23. The zero-order chi connectivity index (χ0) is 12.1. The molecular weight excluding hydrogens is 280 g/mol. The Balaban J connectivity index is 1.76. The van der Waals surface area contributed by atoms with Crippen molar-refractivity contribution in [2.24, 2.45) is 0 Å². The second kappa shape index (κ2) is 6.17. The zero-order valence-corrected chi connectivity index (χ0v) is 11.4. The first-order valence-corrected chi connectivity index (χ1v) is 6.92. The van der Waals surface area contributed by atoms with E-state index in [0.717, 1.165) is 16.7 Å². The number of nitrogens with one attached hydrogen (secondary N) is 2. The van der Waals surface area contributed by atoms with Crippen LogP contribution < -0.4 is 10.2 Å². The quantitative estimate of drug-likeness (QED) is 0.867. The highest BCUT2D eigenvalue weighted by Crippen LogP contribution is 2.15. The fourth-order valence-corrected chi connectivity index (χ4v) is 2.60. The van der Waals surface area contributed by atoms with Crippen molar-refractivity contribution in [1.82, 2.24) is 0 Å². The highest BCUT2D eigenvalue weighted by Gasteiger charge is 2.16. The van der Waals surface area contributed by atoms with Gasteiger partial charge in [-0.15, -0.1) is 0 Å². The fraction of sp³-hybridized carbons (Fsp3) is 0.462. The van der Waals surface area contributed by atoms with Crippen LogP contribution in [-0.2, 0) is 4.79 Å². The van der Waals surface area contributed by atoms with Crippen LogP contribution in [0, 0.1) is 0 Å². The number of quaternary nitrogens is 1. The minimum atomic E-state index is 0.113. The van der Waals surface area contributed by atoms with Crippen LogP contribution in [0.1, 0.15) is 19.3 Å². The first-order chi connectivity index (χ1) is 8.24. The van der Waals surface area contributed by atoms with E-state index in [4.69, 9.17) is 0 Å². The van der Waals surface area contributed by atoms with Crippen LogP contribution in [0.2, 0.25) is 0 Å². The van der Waals surface area contributed by atoms with Gasteiger partial charge < -0.3 is 10.2 Å². The lowest BCUT2D eigenvalue weighted by atomic mass is 10.3. The Morgan fingerprint density at radius 3 is 2.82 bits per heavy atom. The summed E-state index contributed by atoms with van der Waals surface area (Å²) in [5, 5.41) is 2.92. The molecule has 0 aliphatic carbocycles. The van der Waals surface area contributed by atoms with Gasteiger partial charge in [-0.1, -0.05) is 22.0 Å². The highest BCUT2D eigenvalue weighted by molar-refractivity contribution is 9.10. The molecule has 1 aromatic carbocycles. The second-order valence-electron chi connectivity index (χ2n) is 4.52. The third-order valence-electron chi connectivity index (χ3n) is 3.12. The minimum absolute atomic E-state index is 0.113. The molecule has 17 heavy (non-hydrogen) atoms. The Labute approximate surface area is 110 Å². The molecule has 4 heteroatoms. The predicted molar refractivity (Wildman–Crippen MR) is 72.2 cm³/mol. The van der Waals surface area contributed by atoms with Gasteiger partial charge in [0.1, 0.15) is 0 Å². The summed E-state index contributed by atoms with van der Waals surface area (Å²) < 4.78 is 0.987. The van der Waals surface area contributed by atoms with E-state index in [-0.39, 0.29) is 5.91 Å². The number of halogens is 1. The molecule has 1 fully saturated rings. The maximum atomic E-state index is 11.7. The Kier molecular flexibility index (Phi) is 4.57. The number of carbonyl (C=O) groups is 1. The monoisotopic (exact) mass is 297 g/mol. The van der Waals surface area contributed by atoms with Gasteiger partial charge >= 0.3 is 0 Å². The van der Waals surface area contributed by atoms with Gasteiger partial charge in [-0.2, -0.15) is 0 Å². The average Bonchev–Trinajstić information content (AvgIpc) is 2.79. The lowest BCUT2D eigenvalue weighted by Crippen LogP contribution is -3.10. The summed E-state index contributed by atoms with van der Waals surface area (Å²) in [6, 6.07) is 7.70. The van der Waals surface area contributed by atoms with Gasteiger partial charge in [0.15, 0.2) is 0 Å². The van der Waals surface area contributed by atoms with E-state index < -0.39 is 0 Å². The van der Waals surface area contributed by atoms with Gasteiger partial charge in [0, 0.05) is 23.0 Å². The molecule has 1 saturated heterocycles. The number of carbonyl (C=O) groups excluding carboxylic acids is 1. The summed E-state index contributed by atoms with van der Waals surface area (Å²) in [5.74, 6) is 0.113. The number of benzene rings is 1. The first-order valence-electron chi connectivity index (χ1n) is 6.13. The number of likely N-dealkylation sites (tertiary alicyclic amines) is 1. The summed E-state index contributed by atoms with van der Waals surface area (Å²) in [4.78, 5) is 13.3. The van der Waals surface area contributed by atoms with Gasteiger partial charge in [-0.3, -0.25) is 4.79 Å². The molecule has 0 atom stereocenters. The van der Waals surface area contributed by atoms with Crippen molar-refractivity contribution in [2.45, 2.75) is 19.3 Å². The van der Waals surface area contributed by atoms with Crippen molar-refractivity contribution < 1.29 is 9.69 Å². The van der Waals surface area contributed by atoms with Crippen LogP contribution in [0.3, 0.4) is 0 Å². The normalized spacial score (nSPS) is 16.1. The van der Waals surface area contributed by atoms with Crippen LogP contribution >= 0.6 is 15.9 Å². The van der Waals surface area contributed by atoms with E-state index in [0.29, 0.717) is 6.42 Å². The van der Waals surface area contributed by atoms with E-state index in [9.17, 15) is 4.79 Å². The van der Waals surface area contributed by atoms with E-state index in [1.807, 2.05) is 24.3 Å². The molecule has 0 aromatic heterocycles. The van der Waals surface area contributed by atoms with E-state index in [2.05, 4.69) is 21.2 Å². The molecule has 1 aliphatic heterocycles. The van der Waals surface area contributed by atoms with Crippen molar-refractivity contribution in [3.05, 3.63) is 28.7 Å². The molecule has 92 valence electrons. The van der Waals surface area contributed by atoms with Crippen molar-refractivity contribution in [3.8, 4) is 0 Å². The van der Waals surface area contributed by atoms with Crippen LogP contribution in [-0.4, -0.2) is 25.5 Å². The SMILES string of the molecule is O=C(CC[NH+]1CCCC1)Nc1cccc(Br)c1. The van der Waals surface area contributed by atoms with Gasteiger partial charge in [-0.25, -0.2) is 0 Å². The smallest absolute Gasteiger partial charge is 0.230 e. The Bertz CT molecular complexity index is 389. The lowest BCUT2D eigenvalue weighted by Gasteiger charge is -2.11. The van der Waals surface area contributed by atoms with Gasteiger partial charge in [-0.05, 0) is 18.2 Å². The maximum Gasteiger partial charge on any atom is 0.230 e. The minimum Gasteiger partial charge on any atom is -0.334 e. The summed E-state index contributed by atoms with van der Waals surface area (Å²) in [7, 11) is 0. The molecule has 0 bridgehead atoms. The first kappa shape index (κ1) is 12.6. The third kappa shape index (κ3) is 4.13. The summed E-state index contributed by atoms with van der Waals surface area (Å²) in [6.45, 7) is 3.41. The molecular formula is C13H18BrN2O+. The van der Waals surface area contributed by atoms with Gasteiger partial charge in [0.2, 0.25) is 5.91 Å². The molecule has 2 N–H and O–H groups in total. The number of hydrogen-bond donors (Lipinski definition) is 2. The van der Waals surface area contributed by atoms with Gasteiger partial charge in [0.25, 0.3) is 0 Å². The highest BCUT2D eigenvalue weighted by atomic mass is 79.9. The molecule has 1 amide bonds. The molecule has 2 rings (SSSR count). The standard InChI is InChI=1S/C13H17BrN2O/c14-11-4-3-5-12(10-11)15-13(17)6-9-16-7-1-2-8-16/h3-5,10H,1-2,6-9H2,(H,15,17)/p+1. The van der Waals surface area contributed by atoms with Crippen molar-refractivity contribution in [1.29, 1.82) is 0 Å². The fourth-order valence-electron chi connectivity index (χ4n) is 2.21. The van der Waals surface area contributed by atoms with Crippen molar-refractivity contribution in [2.75, 3.05) is 25.0 Å². The Hall–Kier alpha value is -0.870. The van der Waals surface area contributed by atoms with Crippen LogP contribution in [0.25, 0.3) is 0 Å².